The Balaban J connectivity index is 1.63. The monoisotopic (exact) mass is 482 g/mol. The third kappa shape index (κ3) is 6.64. The number of unbranched alkanes of at least 4 members (excludes halogenated alkanes) is 1. The summed E-state index contributed by atoms with van der Waals surface area (Å²) in [4.78, 5) is 16.3. The molecular weight excluding hydrogens is 440 g/mol. The summed E-state index contributed by atoms with van der Waals surface area (Å²) in [7, 11) is 0. The summed E-state index contributed by atoms with van der Waals surface area (Å²) in [5.74, 6) is 1.17. The molecule has 0 saturated heterocycles. The first-order valence-corrected chi connectivity index (χ1v) is 13.8. The van der Waals surface area contributed by atoms with Crippen molar-refractivity contribution in [1.29, 1.82) is 0 Å². The number of hydrogen-bond donors (Lipinski definition) is 1. The van der Waals surface area contributed by atoms with Crippen molar-refractivity contribution in [2.45, 2.75) is 77.3 Å². The van der Waals surface area contributed by atoms with Crippen LogP contribution >= 0.6 is 0 Å². The zero-order chi connectivity index (χ0) is 25.5. The van der Waals surface area contributed by atoms with Crippen LogP contribution in [0.4, 0.5) is 5.69 Å². The average molecular weight is 483 g/mol. The number of nitrogens with zero attached hydrogens (tertiary/aromatic N) is 1. The van der Waals surface area contributed by atoms with Gasteiger partial charge in [-0.1, -0.05) is 106 Å². The molecule has 3 aromatic carbocycles. The van der Waals surface area contributed by atoms with Crippen molar-refractivity contribution in [1.82, 2.24) is 0 Å². The Bertz CT molecular complexity index is 1080. The van der Waals surface area contributed by atoms with Crippen molar-refractivity contribution in [3.05, 3.63) is 90.5 Å². The van der Waals surface area contributed by atoms with E-state index < -0.39 is 0 Å². The number of benzene rings is 3. The summed E-state index contributed by atoms with van der Waals surface area (Å²) in [6, 6.07) is 29.7. The minimum absolute atomic E-state index is 0.0478. The van der Waals surface area contributed by atoms with Crippen molar-refractivity contribution in [3.8, 4) is 11.1 Å². The van der Waals surface area contributed by atoms with Crippen LogP contribution in [0.1, 0.15) is 70.8 Å². The Kier molecular flexibility index (Phi) is 8.98. The summed E-state index contributed by atoms with van der Waals surface area (Å²) < 4.78 is 0. The third-order valence-electron chi connectivity index (χ3n) is 7.43. The molecule has 3 aromatic rings. The normalized spacial score (nSPS) is 18.6. The lowest BCUT2D eigenvalue weighted by Crippen LogP contribution is -2.45. The van der Waals surface area contributed by atoms with Crippen LogP contribution in [0.2, 0.25) is 0 Å². The minimum Gasteiger partial charge on any atom is -0.328 e. The predicted octanol–water partition coefficient (Wildman–Crippen LogP) is 7.81. The molecule has 0 radical (unpaired) electrons. The molecule has 4 atom stereocenters. The molecule has 0 heterocycles. The van der Waals surface area contributed by atoms with Gasteiger partial charge in [-0.15, -0.1) is 0 Å². The van der Waals surface area contributed by atoms with Crippen molar-refractivity contribution in [3.63, 3.8) is 0 Å². The van der Waals surface area contributed by atoms with E-state index in [0.717, 1.165) is 44.2 Å². The zero-order valence-corrected chi connectivity index (χ0v) is 22.1. The predicted molar refractivity (Wildman–Crippen MR) is 152 cm³/mol. The van der Waals surface area contributed by atoms with Gasteiger partial charge >= 0.3 is 0 Å². The van der Waals surface area contributed by atoms with E-state index in [2.05, 4.69) is 98.5 Å². The second-order valence-corrected chi connectivity index (χ2v) is 10.9. The first kappa shape index (κ1) is 26.2. The maximum atomic E-state index is 14.1. The number of carbonyl (C=O) groups excluding carboxylic acids is 1. The molecule has 2 N–H and O–H groups in total. The molecule has 1 amide bonds. The van der Waals surface area contributed by atoms with E-state index in [1.165, 1.54) is 16.7 Å². The van der Waals surface area contributed by atoms with Gasteiger partial charge in [-0.05, 0) is 66.3 Å². The molecule has 36 heavy (non-hydrogen) atoms. The fourth-order valence-corrected chi connectivity index (χ4v) is 5.52. The van der Waals surface area contributed by atoms with Gasteiger partial charge < -0.3 is 10.6 Å². The van der Waals surface area contributed by atoms with Gasteiger partial charge in [0.2, 0.25) is 5.91 Å². The van der Waals surface area contributed by atoms with Crippen LogP contribution in [0.15, 0.2) is 84.9 Å². The first-order chi connectivity index (χ1) is 17.5. The van der Waals surface area contributed by atoms with Gasteiger partial charge in [-0.3, -0.25) is 4.79 Å². The van der Waals surface area contributed by atoms with Crippen LogP contribution in [-0.4, -0.2) is 18.0 Å². The fraction of sp³-hybridized carbons (Fsp3) is 0.424. The number of nitrogens with two attached hydrogens (primary N) is 1. The number of carbonyl (C=O) groups is 1. The summed E-state index contributed by atoms with van der Waals surface area (Å²) in [6.45, 7) is 6.67. The minimum atomic E-state index is 0.0478. The fourth-order valence-electron chi connectivity index (χ4n) is 5.52. The van der Waals surface area contributed by atoms with Crippen LogP contribution in [0.3, 0.4) is 0 Å². The molecule has 0 spiro atoms. The van der Waals surface area contributed by atoms with E-state index in [0.29, 0.717) is 11.8 Å². The van der Waals surface area contributed by atoms with E-state index in [4.69, 9.17) is 5.73 Å². The Morgan fingerprint density at radius 1 is 0.889 bits per heavy atom. The van der Waals surface area contributed by atoms with E-state index in [1.807, 2.05) is 12.1 Å². The molecule has 3 nitrogen and oxygen atoms in total. The molecule has 3 heteroatoms. The standard InChI is InChI=1S/C33H42N2O/c1-4-5-16-30(22-28(34)21-24(2)3)35(33(36)32-23-31(32)27-14-10-7-11-15-27)29-19-17-26(18-20-29)25-12-8-6-9-13-25/h6-15,17-20,24,28,30-32H,4-5,16,21-23,34H2,1-3H3/t28-,30+,31-,32?/m0/s1. The third-order valence-corrected chi connectivity index (χ3v) is 7.43. The van der Waals surface area contributed by atoms with E-state index in [9.17, 15) is 4.79 Å². The zero-order valence-electron chi connectivity index (χ0n) is 22.1. The van der Waals surface area contributed by atoms with Crippen LogP contribution < -0.4 is 10.6 Å². The molecule has 190 valence electrons. The number of amides is 1. The molecule has 1 aliphatic carbocycles. The van der Waals surface area contributed by atoms with Gasteiger partial charge in [0.05, 0.1) is 0 Å². The Hall–Kier alpha value is -2.91. The quantitative estimate of drug-likeness (QED) is 0.286. The van der Waals surface area contributed by atoms with Crippen LogP contribution in [0, 0.1) is 11.8 Å². The van der Waals surface area contributed by atoms with E-state index in [1.54, 1.807) is 0 Å². The Labute approximate surface area is 217 Å². The summed E-state index contributed by atoms with van der Waals surface area (Å²) in [5.41, 5.74) is 11.3. The first-order valence-electron chi connectivity index (χ1n) is 13.8. The van der Waals surface area contributed by atoms with E-state index >= 15 is 0 Å². The van der Waals surface area contributed by atoms with Gasteiger partial charge in [-0.2, -0.15) is 0 Å². The molecule has 0 bridgehead atoms. The highest BCUT2D eigenvalue weighted by atomic mass is 16.2. The van der Waals surface area contributed by atoms with Gasteiger partial charge in [-0.25, -0.2) is 0 Å². The summed E-state index contributed by atoms with van der Waals surface area (Å²) >= 11 is 0. The molecule has 1 saturated carbocycles. The molecule has 1 fully saturated rings. The van der Waals surface area contributed by atoms with Gasteiger partial charge in [0, 0.05) is 23.7 Å². The van der Waals surface area contributed by atoms with Crippen LogP contribution in [0.5, 0.6) is 0 Å². The largest absolute Gasteiger partial charge is 0.328 e. The molecule has 0 aliphatic heterocycles. The number of anilines is 1. The topological polar surface area (TPSA) is 46.3 Å². The van der Waals surface area contributed by atoms with Crippen molar-refractivity contribution >= 4 is 11.6 Å². The number of hydrogen-bond acceptors (Lipinski definition) is 2. The average Bonchev–Trinajstić information content (AvgIpc) is 3.69. The second kappa shape index (κ2) is 12.4. The van der Waals surface area contributed by atoms with Crippen molar-refractivity contribution < 1.29 is 4.79 Å². The molecule has 0 aromatic heterocycles. The lowest BCUT2D eigenvalue weighted by molar-refractivity contribution is -0.120. The SMILES string of the molecule is CCCC[C@H](C[C@@H](N)CC(C)C)N(C(=O)C1C[C@H]1c1ccccc1)c1ccc(-c2ccccc2)cc1. The second-order valence-electron chi connectivity index (χ2n) is 10.9. The van der Waals surface area contributed by atoms with Crippen molar-refractivity contribution in [2.24, 2.45) is 17.6 Å². The molecule has 1 unspecified atom stereocenters. The Morgan fingerprint density at radius 2 is 1.50 bits per heavy atom. The Morgan fingerprint density at radius 3 is 2.11 bits per heavy atom. The smallest absolute Gasteiger partial charge is 0.230 e. The van der Waals surface area contributed by atoms with E-state index in [-0.39, 0.29) is 23.9 Å². The van der Waals surface area contributed by atoms with Gasteiger partial charge in [0.15, 0.2) is 0 Å². The number of rotatable bonds is 12. The van der Waals surface area contributed by atoms with Crippen LogP contribution in [0.25, 0.3) is 11.1 Å². The highest BCUT2D eigenvalue weighted by Gasteiger charge is 2.47. The summed E-state index contributed by atoms with van der Waals surface area (Å²) in [6.07, 6.45) is 5.94. The highest BCUT2D eigenvalue weighted by molar-refractivity contribution is 5.98. The molecular formula is C33H42N2O. The van der Waals surface area contributed by atoms with Gasteiger partial charge in [0.1, 0.15) is 0 Å². The lowest BCUT2D eigenvalue weighted by atomic mass is 9.93. The summed E-state index contributed by atoms with van der Waals surface area (Å²) in [5, 5.41) is 0. The van der Waals surface area contributed by atoms with Crippen LogP contribution in [-0.2, 0) is 4.79 Å². The highest BCUT2D eigenvalue weighted by Crippen LogP contribution is 2.49. The molecule has 4 rings (SSSR count). The lowest BCUT2D eigenvalue weighted by Gasteiger charge is -2.34. The van der Waals surface area contributed by atoms with Gasteiger partial charge in [0.25, 0.3) is 0 Å². The maximum absolute atomic E-state index is 14.1. The maximum Gasteiger partial charge on any atom is 0.230 e. The molecule has 1 aliphatic rings. The van der Waals surface area contributed by atoms with Crippen molar-refractivity contribution in [2.75, 3.05) is 4.90 Å².